The van der Waals surface area contributed by atoms with Crippen LogP contribution in [-0.2, 0) is 11.8 Å². The SMILES string of the molecule is CC(C)(C)c1csc(CC(NN)C(C)(C)N2CCCC2)n1. The van der Waals surface area contributed by atoms with Crippen molar-refractivity contribution in [1.29, 1.82) is 0 Å². The second-order valence-corrected chi connectivity index (χ2v) is 8.59. The molecule has 1 atom stereocenters. The number of thiazole rings is 1. The average molecular weight is 311 g/mol. The van der Waals surface area contributed by atoms with Gasteiger partial charge < -0.3 is 0 Å². The quantitative estimate of drug-likeness (QED) is 0.648. The molecule has 0 aromatic carbocycles. The van der Waals surface area contributed by atoms with Crippen molar-refractivity contribution in [3.05, 3.63) is 16.1 Å². The van der Waals surface area contributed by atoms with Crippen molar-refractivity contribution in [3.8, 4) is 0 Å². The minimum atomic E-state index is 0.0544. The normalized spacial score (nSPS) is 19.1. The first kappa shape index (κ1) is 16.9. The molecule has 1 aromatic rings. The number of hydrazine groups is 1. The monoisotopic (exact) mass is 310 g/mol. The second kappa shape index (κ2) is 6.32. The molecule has 120 valence electrons. The summed E-state index contributed by atoms with van der Waals surface area (Å²) >= 11 is 1.75. The van der Waals surface area contributed by atoms with Crippen molar-refractivity contribution in [2.24, 2.45) is 5.84 Å². The van der Waals surface area contributed by atoms with Gasteiger partial charge in [-0.25, -0.2) is 4.98 Å². The van der Waals surface area contributed by atoms with Crippen LogP contribution >= 0.6 is 11.3 Å². The Labute approximate surface area is 133 Å². The molecule has 3 N–H and O–H groups in total. The standard InChI is InChI=1S/C16H30N4S/c1-15(2,3)13-11-21-14(18-13)10-12(19-17)16(4,5)20-8-6-7-9-20/h11-12,19H,6-10,17H2,1-5H3. The molecule has 0 spiro atoms. The van der Waals surface area contributed by atoms with Crippen molar-refractivity contribution in [2.75, 3.05) is 13.1 Å². The van der Waals surface area contributed by atoms with E-state index in [1.54, 1.807) is 11.3 Å². The van der Waals surface area contributed by atoms with Gasteiger partial charge in [0.25, 0.3) is 0 Å². The zero-order chi connectivity index (χ0) is 15.7. The van der Waals surface area contributed by atoms with E-state index < -0.39 is 0 Å². The summed E-state index contributed by atoms with van der Waals surface area (Å²) in [5.74, 6) is 5.87. The second-order valence-electron chi connectivity index (χ2n) is 7.65. The van der Waals surface area contributed by atoms with E-state index >= 15 is 0 Å². The molecule has 0 aliphatic carbocycles. The predicted molar refractivity (Wildman–Crippen MR) is 90.5 cm³/mol. The Morgan fingerprint density at radius 2 is 1.90 bits per heavy atom. The number of hydrogen-bond acceptors (Lipinski definition) is 5. The predicted octanol–water partition coefficient (Wildman–Crippen LogP) is 2.69. The van der Waals surface area contributed by atoms with Crippen LogP contribution in [-0.4, -0.2) is 34.6 Å². The molecule has 1 aliphatic rings. The third-order valence-corrected chi connectivity index (χ3v) is 5.55. The molecule has 0 bridgehead atoms. The maximum Gasteiger partial charge on any atom is 0.0945 e. The molecule has 2 rings (SSSR count). The Morgan fingerprint density at radius 3 is 2.38 bits per heavy atom. The number of hydrogen-bond donors (Lipinski definition) is 2. The molecule has 1 unspecified atom stereocenters. The van der Waals surface area contributed by atoms with Gasteiger partial charge in [0.2, 0.25) is 0 Å². The molecule has 21 heavy (non-hydrogen) atoms. The van der Waals surface area contributed by atoms with E-state index in [0.29, 0.717) is 0 Å². The summed E-state index contributed by atoms with van der Waals surface area (Å²) < 4.78 is 0. The molecule has 1 aromatic heterocycles. The third-order valence-electron chi connectivity index (χ3n) is 4.67. The maximum absolute atomic E-state index is 5.87. The fourth-order valence-corrected chi connectivity index (χ4v) is 4.02. The smallest absolute Gasteiger partial charge is 0.0945 e. The highest BCUT2D eigenvalue weighted by molar-refractivity contribution is 7.09. The lowest BCUT2D eigenvalue weighted by Gasteiger charge is -2.41. The van der Waals surface area contributed by atoms with Crippen molar-refractivity contribution in [2.45, 2.75) is 70.9 Å². The number of rotatable bonds is 5. The first-order chi connectivity index (χ1) is 9.75. The highest BCUT2D eigenvalue weighted by atomic mass is 32.1. The van der Waals surface area contributed by atoms with Gasteiger partial charge in [-0.2, -0.15) is 0 Å². The Hall–Kier alpha value is -0.490. The first-order valence-corrected chi connectivity index (χ1v) is 8.79. The summed E-state index contributed by atoms with van der Waals surface area (Å²) in [5.41, 5.74) is 4.39. The van der Waals surface area contributed by atoms with E-state index in [9.17, 15) is 0 Å². The average Bonchev–Trinajstić information content (AvgIpc) is 3.06. The van der Waals surface area contributed by atoms with Crippen LogP contribution in [0.4, 0.5) is 0 Å². The Bertz CT molecular complexity index is 455. The van der Waals surface area contributed by atoms with Crippen LogP contribution in [0.1, 0.15) is 58.2 Å². The molecular weight excluding hydrogens is 280 g/mol. The molecular formula is C16H30N4S. The van der Waals surface area contributed by atoms with Crippen LogP contribution in [0.25, 0.3) is 0 Å². The molecule has 0 saturated carbocycles. The fraction of sp³-hybridized carbons (Fsp3) is 0.812. The van der Waals surface area contributed by atoms with E-state index in [0.717, 1.165) is 6.42 Å². The van der Waals surface area contributed by atoms with Gasteiger partial charge in [0.05, 0.1) is 10.7 Å². The van der Waals surface area contributed by atoms with Crippen LogP contribution in [0.5, 0.6) is 0 Å². The lowest BCUT2D eigenvalue weighted by atomic mass is 9.90. The van der Waals surface area contributed by atoms with Crippen LogP contribution < -0.4 is 11.3 Å². The van der Waals surface area contributed by atoms with E-state index in [1.165, 1.54) is 36.6 Å². The topological polar surface area (TPSA) is 54.2 Å². The van der Waals surface area contributed by atoms with Crippen LogP contribution in [0.2, 0.25) is 0 Å². The van der Waals surface area contributed by atoms with E-state index in [4.69, 9.17) is 10.8 Å². The van der Waals surface area contributed by atoms with Gasteiger partial charge in [-0.1, -0.05) is 20.8 Å². The number of aromatic nitrogens is 1. The molecule has 1 fully saturated rings. The number of likely N-dealkylation sites (tertiary alicyclic amines) is 1. The van der Waals surface area contributed by atoms with Gasteiger partial charge in [0, 0.05) is 28.8 Å². The van der Waals surface area contributed by atoms with Gasteiger partial charge in [0.15, 0.2) is 0 Å². The van der Waals surface area contributed by atoms with Crippen molar-refractivity contribution < 1.29 is 0 Å². The van der Waals surface area contributed by atoms with Crippen molar-refractivity contribution in [3.63, 3.8) is 0 Å². The van der Waals surface area contributed by atoms with Crippen LogP contribution in [0.15, 0.2) is 5.38 Å². The summed E-state index contributed by atoms with van der Waals surface area (Å²) in [6.07, 6.45) is 3.49. The van der Waals surface area contributed by atoms with Gasteiger partial charge in [-0.05, 0) is 39.8 Å². The summed E-state index contributed by atoms with van der Waals surface area (Å²) in [7, 11) is 0. The lowest BCUT2D eigenvalue weighted by Crippen LogP contribution is -2.59. The molecule has 5 heteroatoms. The van der Waals surface area contributed by atoms with Gasteiger partial charge in [-0.15, -0.1) is 11.3 Å². The Morgan fingerprint density at radius 1 is 1.29 bits per heavy atom. The molecule has 0 amide bonds. The number of nitrogens with one attached hydrogen (secondary N) is 1. The zero-order valence-corrected chi connectivity index (χ0v) is 14.9. The minimum absolute atomic E-state index is 0.0544. The van der Waals surface area contributed by atoms with Crippen molar-refractivity contribution in [1.82, 2.24) is 15.3 Å². The molecule has 0 radical (unpaired) electrons. The zero-order valence-electron chi connectivity index (χ0n) is 14.1. The van der Waals surface area contributed by atoms with E-state index in [-0.39, 0.29) is 17.0 Å². The van der Waals surface area contributed by atoms with Gasteiger partial charge in [0.1, 0.15) is 0 Å². The number of nitrogens with zero attached hydrogens (tertiary/aromatic N) is 2. The summed E-state index contributed by atoms with van der Waals surface area (Å²) in [6.45, 7) is 13.6. The highest BCUT2D eigenvalue weighted by Crippen LogP contribution is 2.28. The fourth-order valence-electron chi connectivity index (χ4n) is 2.95. The lowest BCUT2D eigenvalue weighted by molar-refractivity contribution is 0.106. The molecule has 4 nitrogen and oxygen atoms in total. The maximum atomic E-state index is 5.87. The van der Waals surface area contributed by atoms with Gasteiger partial charge >= 0.3 is 0 Å². The number of nitrogens with two attached hydrogens (primary N) is 1. The Balaban J connectivity index is 2.09. The highest BCUT2D eigenvalue weighted by Gasteiger charge is 2.36. The molecule has 1 aliphatic heterocycles. The van der Waals surface area contributed by atoms with Gasteiger partial charge in [-0.3, -0.25) is 16.2 Å². The Kier molecular flexibility index (Phi) is 5.08. The third kappa shape index (κ3) is 3.83. The summed E-state index contributed by atoms with van der Waals surface area (Å²) in [6, 6.07) is 0.217. The minimum Gasteiger partial charge on any atom is -0.297 e. The molecule has 2 heterocycles. The van der Waals surface area contributed by atoms with Crippen LogP contribution in [0.3, 0.4) is 0 Å². The van der Waals surface area contributed by atoms with Crippen molar-refractivity contribution >= 4 is 11.3 Å². The summed E-state index contributed by atoms with van der Waals surface area (Å²) in [5, 5.41) is 3.36. The largest absolute Gasteiger partial charge is 0.297 e. The molecule has 1 saturated heterocycles. The van der Waals surface area contributed by atoms with E-state index in [1.807, 2.05) is 0 Å². The van der Waals surface area contributed by atoms with E-state index in [2.05, 4.69) is 50.3 Å². The first-order valence-electron chi connectivity index (χ1n) is 7.91. The van der Waals surface area contributed by atoms with Crippen LogP contribution in [0, 0.1) is 0 Å². The summed E-state index contributed by atoms with van der Waals surface area (Å²) in [4.78, 5) is 7.37.